The number of benzene rings is 3. The Morgan fingerprint density at radius 2 is 1.89 bits per heavy atom. The van der Waals surface area contributed by atoms with Crippen molar-refractivity contribution < 1.29 is 28.4 Å². The van der Waals surface area contributed by atoms with E-state index in [1.807, 2.05) is 18.7 Å². The van der Waals surface area contributed by atoms with Crippen molar-refractivity contribution in [2.75, 3.05) is 19.0 Å². The number of rotatable bonds is 6. The number of nitrogens with one attached hydrogen (secondary N) is 1. The van der Waals surface area contributed by atoms with Gasteiger partial charge in [-0.05, 0) is 48.6 Å². The van der Waals surface area contributed by atoms with E-state index in [0.717, 1.165) is 6.07 Å². The molecule has 5 atom stereocenters. The lowest BCUT2D eigenvalue weighted by Crippen LogP contribution is -2.53. The van der Waals surface area contributed by atoms with Gasteiger partial charge in [0.25, 0.3) is 5.69 Å². The molecule has 1 amide bonds. The first-order chi connectivity index (χ1) is 21.4. The zero-order valence-electron chi connectivity index (χ0n) is 24.7. The van der Waals surface area contributed by atoms with E-state index in [0.29, 0.717) is 29.2 Å². The molecule has 0 radical (unpaired) electrons. The standard InChI is InChI=1S/C33H30Cl2FN3O6/c1-16(2)15-38-25-12-10-20(19-9-7-17(31(41)45-3)13-26(19)39(43)44)30(40)27(25)28(21-5-4-6-23(35)29(21)36)33(38)22-11-8-18(34)14-24(22)37-32(33)42/h4-9,11,13-14,16,20,25,27-28H,10,12,15H2,1-3H3,(H,37,42)/t20?,25-,27+,28-,33+/m0/s1. The van der Waals surface area contributed by atoms with E-state index in [1.165, 1.54) is 25.3 Å². The quantitative estimate of drug-likeness (QED) is 0.175. The molecule has 0 bridgehead atoms. The molecule has 1 N–H and O–H groups in total. The third-order valence-corrected chi connectivity index (χ3v) is 9.92. The maximum absolute atomic E-state index is 16.1. The normalized spacial score (nSPS) is 25.8. The molecule has 2 heterocycles. The fourth-order valence-electron chi connectivity index (χ4n) is 7.81. The molecule has 0 aromatic heterocycles. The number of amides is 1. The van der Waals surface area contributed by atoms with Crippen molar-refractivity contribution >= 4 is 52.2 Å². The van der Waals surface area contributed by atoms with Crippen LogP contribution in [0.15, 0.2) is 54.6 Å². The number of likely N-dealkylation sites (tertiary alicyclic amines) is 1. The fourth-order valence-corrected chi connectivity index (χ4v) is 8.16. The van der Waals surface area contributed by atoms with Gasteiger partial charge in [0.2, 0.25) is 5.91 Å². The van der Waals surface area contributed by atoms with Gasteiger partial charge in [0.05, 0.1) is 22.6 Å². The largest absolute Gasteiger partial charge is 0.465 e. The number of ether oxygens (including phenoxy) is 1. The molecule has 1 spiro atoms. The summed E-state index contributed by atoms with van der Waals surface area (Å²) in [4.78, 5) is 55.0. The maximum atomic E-state index is 16.1. The molecule has 3 aliphatic rings. The van der Waals surface area contributed by atoms with Crippen molar-refractivity contribution in [3.05, 3.63) is 103 Å². The minimum Gasteiger partial charge on any atom is -0.465 e. The van der Waals surface area contributed by atoms with E-state index in [-0.39, 0.29) is 45.5 Å². The number of methoxy groups -OCH3 is 1. The number of Topliss-reactive ketones (excluding diaryl/α,β-unsaturated/α-hetero) is 1. The second-order valence-corrected chi connectivity index (χ2v) is 13.1. The third-order valence-electron chi connectivity index (χ3n) is 9.39. The molecular formula is C33H30Cl2FN3O6. The molecule has 2 fully saturated rings. The van der Waals surface area contributed by atoms with Crippen LogP contribution in [0.25, 0.3) is 0 Å². The van der Waals surface area contributed by atoms with Crippen molar-refractivity contribution in [1.82, 2.24) is 4.90 Å². The summed E-state index contributed by atoms with van der Waals surface area (Å²) < 4.78 is 20.9. The van der Waals surface area contributed by atoms with Crippen molar-refractivity contribution in [3.63, 3.8) is 0 Å². The number of esters is 1. The third kappa shape index (κ3) is 4.73. The Kier molecular flexibility index (Phi) is 7.95. The first-order valence-electron chi connectivity index (χ1n) is 14.6. The van der Waals surface area contributed by atoms with Gasteiger partial charge in [-0.15, -0.1) is 0 Å². The highest BCUT2D eigenvalue weighted by atomic mass is 35.5. The van der Waals surface area contributed by atoms with Crippen LogP contribution in [0.2, 0.25) is 10.0 Å². The van der Waals surface area contributed by atoms with E-state index in [1.54, 1.807) is 30.3 Å². The van der Waals surface area contributed by atoms with Crippen molar-refractivity contribution in [1.29, 1.82) is 0 Å². The predicted octanol–water partition coefficient (Wildman–Crippen LogP) is 6.86. The number of carbonyl (C=O) groups is 3. The Morgan fingerprint density at radius 1 is 1.13 bits per heavy atom. The summed E-state index contributed by atoms with van der Waals surface area (Å²) in [5.41, 5.74) is -0.568. The minimum absolute atomic E-state index is 0.0196. The van der Waals surface area contributed by atoms with Crippen LogP contribution in [0.5, 0.6) is 0 Å². The number of nitrogens with zero attached hydrogens (tertiary/aromatic N) is 2. The molecule has 3 aromatic carbocycles. The zero-order chi connectivity index (χ0) is 32.4. The molecule has 1 saturated carbocycles. The number of hydrogen-bond acceptors (Lipinski definition) is 7. The van der Waals surface area contributed by atoms with E-state index in [9.17, 15) is 24.5 Å². The van der Waals surface area contributed by atoms with Crippen LogP contribution in [0.3, 0.4) is 0 Å². The van der Waals surface area contributed by atoms with Crippen LogP contribution in [0.1, 0.15) is 65.6 Å². The van der Waals surface area contributed by atoms with Gasteiger partial charge in [0.15, 0.2) is 0 Å². The zero-order valence-corrected chi connectivity index (χ0v) is 26.2. The summed E-state index contributed by atoms with van der Waals surface area (Å²) in [6.07, 6.45) is 0.656. The van der Waals surface area contributed by atoms with Gasteiger partial charge < -0.3 is 10.1 Å². The molecule has 1 aliphatic carbocycles. The Bertz CT molecular complexity index is 1770. The molecule has 12 heteroatoms. The minimum atomic E-state index is -1.49. The van der Waals surface area contributed by atoms with Crippen LogP contribution in [0.4, 0.5) is 15.8 Å². The van der Waals surface area contributed by atoms with Gasteiger partial charge in [0, 0.05) is 58.2 Å². The molecule has 1 unspecified atom stereocenters. The molecular weight excluding hydrogens is 624 g/mol. The summed E-state index contributed by atoms with van der Waals surface area (Å²) in [5.74, 6) is -5.05. The number of halogens is 3. The number of fused-ring (bicyclic) bond motifs is 3. The first kappa shape index (κ1) is 31.1. The lowest BCUT2D eigenvalue weighted by atomic mass is 9.65. The average molecular weight is 655 g/mol. The fraction of sp³-hybridized carbons (Fsp3) is 0.364. The van der Waals surface area contributed by atoms with Gasteiger partial charge in [0.1, 0.15) is 17.1 Å². The number of nitro groups is 1. The van der Waals surface area contributed by atoms with Gasteiger partial charge in [-0.1, -0.05) is 61.3 Å². The smallest absolute Gasteiger partial charge is 0.338 e. The van der Waals surface area contributed by atoms with Crippen LogP contribution in [-0.4, -0.2) is 47.2 Å². The summed E-state index contributed by atoms with van der Waals surface area (Å²) in [6.45, 7) is 4.43. The van der Waals surface area contributed by atoms with E-state index < -0.39 is 52.0 Å². The molecule has 2 aliphatic heterocycles. The maximum Gasteiger partial charge on any atom is 0.338 e. The van der Waals surface area contributed by atoms with Crippen molar-refractivity contribution in [3.8, 4) is 0 Å². The monoisotopic (exact) mass is 653 g/mol. The second kappa shape index (κ2) is 11.5. The van der Waals surface area contributed by atoms with Crippen LogP contribution in [-0.2, 0) is 19.9 Å². The highest BCUT2D eigenvalue weighted by molar-refractivity contribution is 6.31. The Balaban J connectivity index is 1.59. The molecule has 1 saturated heterocycles. The highest BCUT2D eigenvalue weighted by Crippen LogP contribution is 2.63. The lowest BCUT2D eigenvalue weighted by molar-refractivity contribution is -0.385. The van der Waals surface area contributed by atoms with Crippen molar-refractivity contribution in [2.45, 2.75) is 50.1 Å². The second-order valence-electron chi connectivity index (χ2n) is 12.2. The molecule has 3 aromatic rings. The highest BCUT2D eigenvalue weighted by Gasteiger charge is 2.69. The summed E-state index contributed by atoms with van der Waals surface area (Å²) in [7, 11) is 1.17. The molecule has 234 valence electrons. The van der Waals surface area contributed by atoms with Crippen LogP contribution >= 0.6 is 23.2 Å². The summed E-state index contributed by atoms with van der Waals surface area (Å²) in [5, 5.41) is 15.4. The first-order valence-corrected chi connectivity index (χ1v) is 15.4. The topological polar surface area (TPSA) is 119 Å². The van der Waals surface area contributed by atoms with Gasteiger partial charge in [-0.25, -0.2) is 9.18 Å². The van der Waals surface area contributed by atoms with E-state index >= 15 is 4.39 Å². The molecule has 9 nitrogen and oxygen atoms in total. The van der Waals surface area contributed by atoms with Crippen molar-refractivity contribution in [2.24, 2.45) is 11.8 Å². The number of carbonyl (C=O) groups excluding carboxylic acids is 3. The lowest BCUT2D eigenvalue weighted by Gasteiger charge is -2.41. The van der Waals surface area contributed by atoms with Gasteiger partial charge in [-0.3, -0.25) is 24.6 Å². The van der Waals surface area contributed by atoms with Crippen LogP contribution in [0, 0.1) is 27.8 Å². The predicted molar refractivity (Wildman–Crippen MR) is 166 cm³/mol. The average Bonchev–Trinajstić information content (AvgIpc) is 3.45. The van der Waals surface area contributed by atoms with Gasteiger partial charge in [-0.2, -0.15) is 0 Å². The van der Waals surface area contributed by atoms with Crippen LogP contribution < -0.4 is 5.32 Å². The number of anilines is 1. The Morgan fingerprint density at radius 3 is 2.58 bits per heavy atom. The van der Waals surface area contributed by atoms with E-state index in [4.69, 9.17) is 27.9 Å². The molecule has 6 rings (SSSR count). The number of hydrogen-bond donors (Lipinski definition) is 1. The summed E-state index contributed by atoms with van der Waals surface area (Å²) in [6, 6.07) is 13.0. The Hall–Kier alpha value is -3.86. The van der Waals surface area contributed by atoms with E-state index in [2.05, 4.69) is 5.32 Å². The summed E-state index contributed by atoms with van der Waals surface area (Å²) >= 11 is 12.6. The van der Waals surface area contributed by atoms with Gasteiger partial charge >= 0.3 is 5.97 Å². The number of nitro benzene ring substituents is 1. The SMILES string of the molecule is COC(=O)c1ccc(C2CC[C@H]3[C@@H](C2=O)[C@H](c2cccc(Cl)c2F)[C@]2(C(=O)Nc4cc(Cl)ccc42)N3CC(C)C)c([N+](=O)[O-])c1. The molecule has 45 heavy (non-hydrogen) atoms. The number of ketones is 1. The Labute approximate surface area is 268 Å².